The van der Waals surface area contributed by atoms with Crippen LogP contribution in [0.4, 0.5) is 0 Å². The number of thioether (sulfide) groups is 1. The van der Waals surface area contributed by atoms with Gasteiger partial charge in [-0.2, -0.15) is 0 Å². The fraction of sp³-hybridized carbons (Fsp3) is 0.533. The zero-order valence-corrected chi connectivity index (χ0v) is 12.8. The first-order chi connectivity index (χ1) is 9.04. The summed E-state index contributed by atoms with van der Waals surface area (Å²) in [5, 5.41) is 3.48. The van der Waals surface area contributed by atoms with Crippen LogP contribution in [0.1, 0.15) is 38.8 Å². The second-order valence-corrected chi connectivity index (χ2v) is 5.96. The molecule has 3 N–H and O–H groups in total. The van der Waals surface area contributed by atoms with Crippen molar-refractivity contribution in [3.05, 3.63) is 29.8 Å². The zero-order valence-electron chi connectivity index (χ0n) is 12.0. The second kappa shape index (κ2) is 8.23. The third-order valence-electron chi connectivity index (χ3n) is 3.04. The number of nitrogens with one attached hydrogen (secondary N) is 1. The smallest absolute Gasteiger partial charge is 0.221 e. The van der Waals surface area contributed by atoms with Crippen LogP contribution in [0.25, 0.3) is 0 Å². The van der Waals surface area contributed by atoms with E-state index in [2.05, 4.69) is 43.4 Å². The molecule has 0 fully saturated rings. The summed E-state index contributed by atoms with van der Waals surface area (Å²) in [7, 11) is 0. The maximum absolute atomic E-state index is 11.0. The normalized spacial score (nSPS) is 14.1. The van der Waals surface area contributed by atoms with Crippen molar-refractivity contribution in [3.63, 3.8) is 0 Å². The molecule has 4 heteroatoms. The highest BCUT2D eigenvalue weighted by Gasteiger charge is 2.10. The number of benzene rings is 1. The lowest BCUT2D eigenvalue weighted by atomic mass is 10.1. The van der Waals surface area contributed by atoms with Gasteiger partial charge in [-0.1, -0.05) is 26.0 Å². The Bertz CT molecular complexity index is 409. The van der Waals surface area contributed by atoms with E-state index in [1.165, 1.54) is 10.5 Å². The van der Waals surface area contributed by atoms with E-state index >= 15 is 0 Å². The third-order valence-corrected chi connectivity index (χ3v) is 4.30. The van der Waals surface area contributed by atoms with Gasteiger partial charge in [0.25, 0.3) is 0 Å². The van der Waals surface area contributed by atoms with Crippen molar-refractivity contribution >= 4 is 17.7 Å². The number of carbonyl (C=O) groups is 1. The van der Waals surface area contributed by atoms with Gasteiger partial charge in [-0.3, -0.25) is 4.79 Å². The Hall–Kier alpha value is -1.00. The number of rotatable bonds is 8. The van der Waals surface area contributed by atoms with Gasteiger partial charge in [0.15, 0.2) is 0 Å². The predicted molar refractivity (Wildman–Crippen MR) is 82.2 cm³/mol. The summed E-state index contributed by atoms with van der Waals surface area (Å²) >= 11 is 1.68. The molecule has 106 valence electrons. The van der Waals surface area contributed by atoms with E-state index < -0.39 is 0 Å². The summed E-state index contributed by atoms with van der Waals surface area (Å²) in [6, 6.07) is 8.82. The molecule has 0 bridgehead atoms. The van der Waals surface area contributed by atoms with Crippen LogP contribution < -0.4 is 11.1 Å². The van der Waals surface area contributed by atoms with Crippen molar-refractivity contribution in [2.75, 3.05) is 12.3 Å². The van der Waals surface area contributed by atoms with Crippen LogP contribution in [0, 0.1) is 5.92 Å². The number of carbonyl (C=O) groups excluding carboxylic acids is 1. The van der Waals surface area contributed by atoms with Gasteiger partial charge in [0, 0.05) is 22.6 Å². The quantitative estimate of drug-likeness (QED) is 0.720. The van der Waals surface area contributed by atoms with Gasteiger partial charge in [0.05, 0.1) is 0 Å². The molecule has 1 amide bonds. The van der Waals surface area contributed by atoms with E-state index in [0.717, 1.165) is 18.7 Å². The van der Waals surface area contributed by atoms with E-state index in [4.69, 9.17) is 5.73 Å². The maximum atomic E-state index is 11.0. The molecule has 1 aromatic rings. The molecule has 0 saturated heterocycles. The minimum Gasteiger partial charge on any atom is -0.369 e. The fourth-order valence-electron chi connectivity index (χ4n) is 1.66. The van der Waals surface area contributed by atoms with Crippen LogP contribution in [0.5, 0.6) is 0 Å². The molecule has 0 aromatic heterocycles. The highest BCUT2D eigenvalue weighted by atomic mass is 32.2. The van der Waals surface area contributed by atoms with Crippen LogP contribution >= 0.6 is 11.8 Å². The van der Waals surface area contributed by atoms with E-state index in [1.807, 2.05) is 6.92 Å². The van der Waals surface area contributed by atoms with E-state index in [-0.39, 0.29) is 11.8 Å². The SMILES string of the molecule is CCCNC(C)c1cccc(SCC(C)C(N)=O)c1. The van der Waals surface area contributed by atoms with Crippen LogP contribution in [0.3, 0.4) is 0 Å². The van der Waals surface area contributed by atoms with Gasteiger partial charge in [-0.25, -0.2) is 0 Å². The minimum atomic E-state index is -0.235. The van der Waals surface area contributed by atoms with Gasteiger partial charge in [0.2, 0.25) is 5.91 Å². The van der Waals surface area contributed by atoms with Gasteiger partial charge in [0.1, 0.15) is 0 Å². The molecule has 0 aliphatic heterocycles. The molecule has 0 heterocycles. The van der Waals surface area contributed by atoms with Crippen LogP contribution in [0.15, 0.2) is 29.2 Å². The molecule has 0 saturated carbocycles. The van der Waals surface area contributed by atoms with Crippen molar-refractivity contribution in [2.24, 2.45) is 11.7 Å². The van der Waals surface area contributed by atoms with Gasteiger partial charge in [-0.15, -0.1) is 11.8 Å². The standard InChI is InChI=1S/C15H24N2OS/c1-4-8-17-12(3)13-6-5-7-14(9-13)19-10-11(2)15(16)18/h5-7,9,11-12,17H,4,8,10H2,1-3H3,(H2,16,18). The summed E-state index contributed by atoms with van der Waals surface area (Å²) in [6.07, 6.45) is 1.13. The number of nitrogens with two attached hydrogens (primary N) is 1. The molecular formula is C15H24N2OS. The lowest BCUT2D eigenvalue weighted by Crippen LogP contribution is -2.22. The molecule has 19 heavy (non-hydrogen) atoms. The van der Waals surface area contributed by atoms with Crippen molar-refractivity contribution in [2.45, 2.75) is 38.1 Å². The Labute approximate surface area is 120 Å². The Morgan fingerprint density at radius 3 is 2.79 bits per heavy atom. The monoisotopic (exact) mass is 280 g/mol. The van der Waals surface area contributed by atoms with Crippen molar-refractivity contribution in [1.29, 1.82) is 0 Å². The molecule has 0 radical (unpaired) electrons. The third kappa shape index (κ3) is 5.66. The molecular weight excluding hydrogens is 256 g/mol. The lowest BCUT2D eigenvalue weighted by Gasteiger charge is -2.15. The first-order valence-corrected chi connectivity index (χ1v) is 7.78. The summed E-state index contributed by atoms with van der Waals surface area (Å²) in [5.41, 5.74) is 6.55. The summed E-state index contributed by atoms with van der Waals surface area (Å²) in [4.78, 5) is 12.2. The van der Waals surface area contributed by atoms with E-state index in [0.29, 0.717) is 6.04 Å². The molecule has 3 nitrogen and oxygen atoms in total. The molecule has 0 aliphatic carbocycles. The maximum Gasteiger partial charge on any atom is 0.221 e. The molecule has 0 spiro atoms. The fourth-order valence-corrected chi connectivity index (χ4v) is 2.66. The summed E-state index contributed by atoms with van der Waals surface area (Å²) in [6.45, 7) is 7.23. The van der Waals surface area contributed by atoms with Crippen LogP contribution in [-0.2, 0) is 4.79 Å². The molecule has 2 atom stereocenters. The van der Waals surface area contributed by atoms with E-state index in [1.54, 1.807) is 11.8 Å². The Morgan fingerprint density at radius 1 is 1.42 bits per heavy atom. The van der Waals surface area contributed by atoms with Crippen molar-refractivity contribution < 1.29 is 4.79 Å². The Kier molecular flexibility index (Phi) is 6.95. The first kappa shape index (κ1) is 16.1. The van der Waals surface area contributed by atoms with E-state index in [9.17, 15) is 4.79 Å². The molecule has 2 unspecified atom stereocenters. The average Bonchev–Trinajstić information content (AvgIpc) is 2.42. The summed E-state index contributed by atoms with van der Waals surface area (Å²) < 4.78 is 0. The minimum absolute atomic E-state index is 0.0932. The second-order valence-electron chi connectivity index (χ2n) is 4.86. The Morgan fingerprint density at radius 2 is 2.16 bits per heavy atom. The molecule has 1 aromatic carbocycles. The van der Waals surface area contributed by atoms with Crippen molar-refractivity contribution in [1.82, 2.24) is 5.32 Å². The molecule has 1 rings (SSSR count). The zero-order chi connectivity index (χ0) is 14.3. The lowest BCUT2D eigenvalue weighted by molar-refractivity contribution is -0.120. The van der Waals surface area contributed by atoms with Crippen LogP contribution in [0.2, 0.25) is 0 Å². The number of primary amides is 1. The van der Waals surface area contributed by atoms with Gasteiger partial charge < -0.3 is 11.1 Å². The average molecular weight is 280 g/mol. The van der Waals surface area contributed by atoms with Crippen molar-refractivity contribution in [3.8, 4) is 0 Å². The number of amides is 1. The van der Waals surface area contributed by atoms with Gasteiger partial charge in [-0.05, 0) is 37.6 Å². The summed E-state index contributed by atoms with van der Waals surface area (Å²) in [5.74, 6) is 0.404. The predicted octanol–water partition coefficient (Wildman–Crippen LogP) is 2.96. The first-order valence-electron chi connectivity index (χ1n) is 6.80. The van der Waals surface area contributed by atoms with Crippen LogP contribution in [-0.4, -0.2) is 18.2 Å². The van der Waals surface area contributed by atoms with Gasteiger partial charge >= 0.3 is 0 Å². The number of hydrogen-bond donors (Lipinski definition) is 2. The highest BCUT2D eigenvalue weighted by molar-refractivity contribution is 7.99. The topological polar surface area (TPSA) is 55.1 Å². The highest BCUT2D eigenvalue weighted by Crippen LogP contribution is 2.24. The largest absolute Gasteiger partial charge is 0.369 e. The number of hydrogen-bond acceptors (Lipinski definition) is 3. The Balaban J connectivity index is 2.59. The molecule has 0 aliphatic rings.